The van der Waals surface area contributed by atoms with Gasteiger partial charge in [0.1, 0.15) is 10.7 Å². The van der Waals surface area contributed by atoms with Crippen molar-refractivity contribution in [3.63, 3.8) is 0 Å². The Labute approximate surface area is 117 Å². The molecule has 2 unspecified atom stereocenters. The van der Waals surface area contributed by atoms with Gasteiger partial charge in [-0.2, -0.15) is 4.31 Å². The molecule has 7 heteroatoms. The average molecular weight is 300 g/mol. The molecule has 1 aliphatic carbocycles. The summed E-state index contributed by atoms with van der Waals surface area (Å²) in [5, 5.41) is 0. The van der Waals surface area contributed by atoms with Crippen LogP contribution in [0.5, 0.6) is 0 Å². The number of anilines is 1. The summed E-state index contributed by atoms with van der Waals surface area (Å²) in [6.45, 7) is 0.710. The van der Waals surface area contributed by atoms with E-state index in [2.05, 4.69) is 0 Å². The van der Waals surface area contributed by atoms with E-state index < -0.39 is 15.8 Å². The number of fused-ring (bicyclic) bond motifs is 1. The monoisotopic (exact) mass is 300 g/mol. The minimum Gasteiger partial charge on any atom is -0.398 e. The van der Waals surface area contributed by atoms with Crippen LogP contribution >= 0.6 is 0 Å². The van der Waals surface area contributed by atoms with Crippen molar-refractivity contribution >= 4 is 15.7 Å². The van der Waals surface area contributed by atoms with Gasteiger partial charge in [0.25, 0.3) is 0 Å². The van der Waals surface area contributed by atoms with Gasteiger partial charge in [0.2, 0.25) is 10.0 Å². The Kier molecular flexibility index (Phi) is 3.43. The lowest BCUT2D eigenvalue weighted by molar-refractivity contribution is -0.0241. The van der Waals surface area contributed by atoms with E-state index in [1.54, 1.807) is 0 Å². The van der Waals surface area contributed by atoms with Crippen LogP contribution < -0.4 is 5.73 Å². The number of nitrogens with two attached hydrogens (primary N) is 1. The number of nitrogen functional groups attached to an aromatic ring is 1. The smallest absolute Gasteiger partial charge is 0.245 e. The van der Waals surface area contributed by atoms with Gasteiger partial charge in [-0.15, -0.1) is 0 Å². The summed E-state index contributed by atoms with van der Waals surface area (Å²) in [5.74, 6) is -0.540. The highest BCUT2D eigenvalue weighted by atomic mass is 32.2. The van der Waals surface area contributed by atoms with Crippen LogP contribution in [0.4, 0.5) is 10.1 Å². The van der Waals surface area contributed by atoms with Gasteiger partial charge < -0.3 is 10.5 Å². The molecule has 1 aromatic rings. The molecular weight excluding hydrogens is 283 g/mol. The number of ether oxygens (including phenoxy) is 1. The number of benzene rings is 1. The third kappa shape index (κ3) is 2.19. The first-order valence-corrected chi connectivity index (χ1v) is 8.12. The molecule has 1 saturated heterocycles. The molecule has 0 aromatic heterocycles. The summed E-state index contributed by atoms with van der Waals surface area (Å²) in [6.07, 6.45) is 2.61. The predicted octanol–water partition coefficient (Wildman–Crippen LogP) is 1.35. The highest BCUT2D eigenvalue weighted by molar-refractivity contribution is 7.89. The fourth-order valence-corrected chi connectivity index (χ4v) is 4.83. The van der Waals surface area contributed by atoms with E-state index in [1.807, 2.05) is 0 Å². The van der Waals surface area contributed by atoms with E-state index in [4.69, 9.17) is 10.5 Å². The molecule has 5 nitrogen and oxygen atoms in total. The van der Waals surface area contributed by atoms with E-state index in [1.165, 1.54) is 10.4 Å². The molecule has 2 atom stereocenters. The Balaban J connectivity index is 1.98. The Hall–Kier alpha value is -1.18. The normalized spacial score (nSPS) is 27.4. The largest absolute Gasteiger partial charge is 0.398 e. The topological polar surface area (TPSA) is 72.6 Å². The summed E-state index contributed by atoms with van der Waals surface area (Å²) < 4.78 is 45.6. The highest BCUT2D eigenvalue weighted by Gasteiger charge is 2.42. The number of morpholine rings is 1. The fraction of sp³-hybridized carbons (Fsp3) is 0.538. The molecule has 0 radical (unpaired) electrons. The molecule has 1 saturated carbocycles. The first kappa shape index (κ1) is 13.8. The summed E-state index contributed by atoms with van der Waals surface area (Å²) in [6, 6.07) is 3.27. The molecule has 20 heavy (non-hydrogen) atoms. The second-order valence-electron chi connectivity index (χ2n) is 5.21. The predicted molar refractivity (Wildman–Crippen MR) is 72.1 cm³/mol. The van der Waals surface area contributed by atoms with E-state index in [0.717, 1.165) is 31.4 Å². The van der Waals surface area contributed by atoms with E-state index in [0.29, 0.717) is 13.2 Å². The second-order valence-corrected chi connectivity index (χ2v) is 7.06. The van der Waals surface area contributed by atoms with Crippen LogP contribution in [0.15, 0.2) is 23.1 Å². The average Bonchev–Trinajstić information content (AvgIpc) is 2.85. The fourth-order valence-electron chi connectivity index (χ4n) is 3.07. The van der Waals surface area contributed by atoms with Crippen molar-refractivity contribution in [2.75, 3.05) is 18.9 Å². The van der Waals surface area contributed by atoms with Gasteiger partial charge in [0.15, 0.2) is 0 Å². The molecule has 0 amide bonds. The number of hydrogen-bond acceptors (Lipinski definition) is 4. The van der Waals surface area contributed by atoms with Crippen molar-refractivity contribution in [3.8, 4) is 0 Å². The van der Waals surface area contributed by atoms with Crippen LogP contribution in [0.25, 0.3) is 0 Å². The van der Waals surface area contributed by atoms with Crippen molar-refractivity contribution in [3.05, 3.63) is 24.0 Å². The van der Waals surface area contributed by atoms with Crippen molar-refractivity contribution in [1.82, 2.24) is 4.31 Å². The second kappa shape index (κ2) is 4.98. The first-order valence-electron chi connectivity index (χ1n) is 6.68. The van der Waals surface area contributed by atoms with Gasteiger partial charge in [-0.1, -0.05) is 0 Å². The number of halogens is 1. The van der Waals surface area contributed by atoms with Gasteiger partial charge >= 0.3 is 0 Å². The summed E-state index contributed by atoms with van der Waals surface area (Å²) >= 11 is 0. The summed E-state index contributed by atoms with van der Waals surface area (Å²) in [5.41, 5.74) is 5.62. The Morgan fingerprint density at radius 2 is 2.15 bits per heavy atom. The van der Waals surface area contributed by atoms with Crippen molar-refractivity contribution in [2.24, 2.45) is 0 Å². The Morgan fingerprint density at radius 1 is 1.35 bits per heavy atom. The molecule has 3 rings (SSSR count). The van der Waals surface area contributed by atoms with Crippen LogP contribution in [-0.4, -0.2) is 38.0 Å². The molecule has 1 aliphatic heterocycles. The van der Waals surface area contributed by atoms with Crippen molar-refractivity contribution in [2.45, 2.75) is 36.3 Å². The molecule has 1 heterocycles. The van der Waals surface area contributed by atoms with Crippen LogP contribution in [0, 0.1) is 5.82 Å². The van der Waals surface area contributed by atoms with Gasteiger partial charge in [0.05, 0.1) is 24.4 Å². The molecular formula is C13H17FN2O3S. The first-order chi connectivity index (χ1) is 9.50. The van der Waals surface area contributed by atoms with Crippen molar-refractivity contribution < 1.29 is 17.5 Å². The van der Waals surface area contributed by atoms with Crippen LogP contribution in [0.1, 0.15) is 19.3 Å². The standard InChI is InChI=1S/C13H17FN2O3S/c14-9-4-5-13(10(15)8-9)20(17,18)16-6-7-19-12-3-1-2-11(12)16/h4-5,8,11-12H,1-3,6-7,15H2. The highest BCUT2D eigenvalue weighted by Crippen LogP contribution is 2.34. The molecule has 110 valence electrons. The lowest BCUT2D eigenvalue weighted by Crippen LogP contribution is -2.51. The molecule has 2 aliphatic rings. The van der Waals surface area contributed by atoms with Crippen molar-refractivity contribution in [1.29, 1.82) is 0 Å². The Morgan fingerprint density at radius 3 is 2.90 bits per heavy atom. The van der Waals surface area contributed by atoms with Crippen LogP contribution in [-0.2, 0) is 14.8 Å². The van der Waals surface area contributed by atoms with Gasteiger partial charge in [-0.25, -0.2) is 12.8 Å². The molecule has 0 spiro atoms. The third-order valence-corrected chi connectivity index (χ3v) is 5.99. The SMILES string of the molecule is Nc1cc(F)ccc1S(=O)(=O)N1CCOC2CCCC21. The lowest BCUT2D eigenvalue weighted by Gasteiger charge is -2.36. The zero-order valence-electron chi connectivity index (χ0n) is 11.0. The zero-order chi connectivity index (χ0) is 14.3. The summed E-state index contributed by atoms with van der Waals surface area (Å²) in [4.78, 5) is -0.0218. The quantitative estimate of drug-likeness (QED) is 0.837. The third-order valence-electron chi connectivity index (χ3n) is 3.99. The van der Waals surface area contributed by atoms with Gasteiger partial charge in [0, 0.05) is 6.54 Å². The number of hydrogen-bond donors (Lipinski definition) is 1. The minimum atomic E-state index is -3.70. The molecule has 0 bridgehead atoms. The minimum absolute atomic E-state index is 0.0218. The molecule has 1 aromatic carbocycles. The number of rotatable bonds is 2. The maximum absolute atomic E-state index is 13.1. The number of nitrogens with zero attached hydrogens (tertiary/aromatic N) is 1. The molecule has 2 N–H and O–H groups in total. The van der Waals surface area contributed by atoms with E-state index in [-0.39, 0.29) is 22.7 Å². The Bertz CT molecular complexity index is 620. The van der Waals surface area contributed by atoms with Gasteiger partial charge in [-0.3, -0.25) is 0 Å². The molecule has 2 fully saturated rings. The van der Waals surface area contributed by atoms with Gasteiger partial charge in [-0.05, 0) is 37.5 Å². The van der Waals surface area contributed by atoms with Crippen LogP contribution in [0.3, 0.4) is 0 Å². The zero-order valence-corrected chi connectivity index (χ0v) is 11.8. The number of sulfonamides is 1. The summed E-state index contributed by atoms with van der Waals surface area (Å²) in [7, 11) is -3.70. The van der Waals surface area contributed by atoms with E-state index in [9.17, 15) is 12.8 Å². The van der Waals surface area contributed by atoms with E-state index >= 15 is 0 Å². The maximum Gasteiger partial charge on any atom is 0.245 e. The maximum atomic E-state index is 13.1. The lowest BCUT2D eigenvalue weighted by atomic mass is 10.2. The van der Waals surface area contributed by atoms with Crippen LogP contribution in [0.2, 0.25) is 0 Å².